The summed E-state index contributed by atoms with van der Waals surface area (Å²) in [6.07, 6.45) is 0.379. The number of para-hydroxylation sites is 1. The first-order chi connectivity index (χ1) is 15.4. The van der Waals surface area contributed by atoms with Crippen molar-refractivity contribution in [1.29, 1.82) is 0 Å². The maximum absolute atomic E-state index is 13.4. The quantitative estimate of drug-likeness (QED) is 0.618. The molecule has 2 saturated heterocycles. The van der Waals surface area contributed by atoms with Gasteiger partial charge in [-0.1, -0.05) is 24.3 Å². The largest absolute Gasteiger partial charge is 0.457 e. The molecule has 0 unspecified atom stereocenters. The van der Waals surface area contributed by atoms with Gasteiger partial charge in [0.05, 0.1) is 11.7 Å². The van der Waals surface area contributed by atoms with Crippen molar-refractivity contribution in [3.8, 4) is 11.5 Å². The lowest BCUT2D eigenvalue weighted by atomic mass is 10.1. The number of thiophene rings is 1. The molecule has 0 spiro atoms. The van der Waals surface area contributed by atoms with Crippen LogP contribution in [0.1, 0.15) is 6.42 Å². The maximum Gasteiger partial charge on any atom is 0.329 e. The van der Waals surface area contributed by atoms with Crippen LogP contribution in [-0.2, 0) is 14.8 Å². The van der Waals surface area contributed by atoms with Gasteiger partial charge in [0.25, 0.3) is 15.9 Å². The Hall–Kier alpha value is -3.21. The lowest BCUT2D eigenvalue weighted by Gasteiger charge is -2.36. The summed E-state index contributed by atoms with van der Waals surface area (Å²) >= 11 is 1.10. The topological polar surface area (TPSA) is 96.0 Å². The van der Waals surface area contributed by atoms with Gasteiger partial charge in [-0.05, 0) is 54.3 Å². The summed E-state index contributed by atoms with van der Waals surface area (Å²) in [5.74, 6) is 0.647. The summed E-state index contributed by atoms with van der Waals surface area (Å²) in [6, 6.07) is 16.8. The Morgan fingerprint density at radius 2 is 1.66 bits per heavy atom. The summed E-state index contributed by atoms with van der Waals surface area (Å²) in [7, 11) is -3.83. The Balaban J connectivity index is 1.40. The van der Waals surface area contributed by atoms with Gasteiger partial charge >= 0.3 is 6.03 Å². The monoisotopic (exact) mass is 469 g/mol. The van der Waals surface area contributed by atoms with Crippen molar-refractivity contribution in [2.45, 2.75) is 22.7 Å². The van der Waals surface area contributed by atoms with Gasteiger partial charge in [-0.15, -0.1) is 11.3 Å². The molecule has 0 saturated carbocycles. The fourth-order valence-corrected chi connectivity index (χ4v) is 6.75. The van der Waals surface area contributed by atoms with Gasteiger partial charge < -0.3 is 10.1 Å². The zero-order valence-electron chi connectivity index (χ0n) is 16.7. The van der Waals surface area contributed by atoms with Crippen LogP contribution in [0.4, 0.5) is 10.5 Å². The molecule has 10 heteroatoms. The molecule has 2 atom stereocenters. The van der Waals surface area contributed by atoms with E-state index in [1.807, 2.05) is 30.3 Å². The lowest BCUT2D eigenvalue weighted by Crippen LogP contribution is -2.64. The second-order valence-corrected chi connectivity index (χ2v) is 10.5. The van der Waals surface area contributed by atoms with Crippen LogP contribution < -0.4 is 15.0 Å². The van der Waals surface area contributed by atoms with Gasteiger partial charge in [0.2, 0.25) is 0 Å². The highest BCUT2D eigenvalue weighted by atomic mass is 32.2. The van der Waals surface area contributed by atoms with E-state index in [0.29, 0.717) is 23.6 Å². The highest BCUT2D eigenvalue weighted by Crippen LogP contribution is 2.34. The van der Waals surface area contributed by atoms with Crippen molar-refractivity contribution in [2.75, 3.05) is 11.4 Å². The van der Waals surface area contributed by atoms with Crippen molar-refractivity contribution >= 4 is 39.0 Å². The first-order valence-corrected chi connectivity index (χ1v) is 12.3. The first kappa shape index (κ1) is 20.7. The number of urea groups is 1. The molecule has 5 rings (SSSR count). The van der Waals surface area contributed by atoms with E-state index in [9.17, 15) is 18.0 Å². The minimum atomic E-state index is -3.83. The number of carbonyl (C=O) groups excluding carboxylic acids is 2. The molecule has 0 aliphatic carbocycles. The number of nitrogens with zero attached hydrogens (tertiary/aromatic N) is 2. The number of anilines is 1. The molecule has 3 amide bonds. The summed E-state index contributed by atoms with van der Waals surface area (Å²) in [5, 5.41) is 4.47. The van der Waals surface area contributed by atoms with Crippen LogP contribution in [0.3, 0.4) is 0 Å². The number of sulfonamides is 1. The molecule has 0 bridgehead atoms. The predicted octanol–water partition coefficient (Wildman–Crippen LogP) is 3.43. The van der Waals surface area contributed by atoms with E-state index in [-0.39, 0.29) is 10.8 Å². The molecule has 1 aromatic heterocycles. The van der Waals surface area contributed by atoms with E-state index in [4.69, 9.17) is 4.74 Å². The predicted molar refractivity (Wildman–Crippen MR) is 119 cm³/mol. The number of rotatable bonds is 5. The number of benzene rings is 2. The van der Waals surface area contributed by atoms with E-state index < -0.39 is 34.0 Å². The van der Waals surface area contributed by atoms with Crippen LogP contribution in [-0.4, -0.2) is 43.3 Å². The summed E-state index contributed by atoms with van der Waals surface area (Å²) < 4.78 is 33.3. The van der Waals surface area contributed by atoms with E-state index in [1.54, 1.807) is 35.7 Å². The SMILES string of the molecule is O=C1N[C@@H]2CCN(S(=O)(=O)c3cccs3)[C@H]2C(=O)N1c1ccc(Oc2ccccc2)cc1. The van der Waals surface area contributed by atoms with E-state index >= 15 is 0 Å². The number of nitrogens with one attached hydrogen (secondary N) is 1. The van der Waals surface area contributed by atoms with Crippen molar-refractivity contribution in [2.24, 2.45) is 0 Å². The third-order valence-corrected chi connectivity index (χ3v) is 8.72. The Bertz CT molecular complexity index is 1240. The van der Waals surface area contributed by atoms with E-state index in [0.717, 1.165) is 16.2 Å². The zero-order chi connectivity index (χ0) is 22.3. The molecule has 3 aromatic rings. The second-order valence-electron chi connectivity index (χ2n) is 7.42. The molecular weight excluding hydrogens is 450 g/mol. The van der Waals surface area contributed by atoms with Crippen LogP contribution in [0.25, 0.3) is 0 Å². The van der Waals surface area contributed by atoms with Crippen molar-refractivity contribution in [3.05, 3.63) is 72.1 Å². The number of hydrogen-bond acceptors (Lipinski definition) is 6. The molecule has 2 aliphatic rings. The van der Waals surface area contributed by atoms with Crippen molar-refractivity contribution in [3.63, 3.8) is 0 Å². The zero-order valence-corrected chi connectivity index (χ0v) is 18.4. The van der Waals surface area contributed by atoms with Crippen molar-refractivity contribution in [1.82, 2.24) is 9.62 Å². The van der Waals surface area contributed by atoms with Crippen LogP contribution >= 0.6 is 11.3 Å². The van der Waals surface area contributed by atoms with Gasteiger partial charge in [-0.25, -0.2) is 18.1 Å². The smallest absolute Gasteiger partial charge is 0.329 e. The van der Waals surface area contributed by atoms with Crippen LogP contribution in [0.2, 0.25) is 0 Å². The second kappa shape index (κ2) is 8.05. The van der Waals surface area contributed by atoms with E-state index in [2.05, 4.69) is 5.32 Å². The highest BCUT2D eigenvalue weighted by Gasteiger charge is 2.52. The van der Waals surface area contributed by atoms with E-state index in [1.165, 1.54) is 10.4 Å². The fourth-order valence-electron chi connectivity index (χ4n) is 3.99. The van der Waals surface area contributed by atoms with Crippen LogP contribution in [0.5, 0.6) is 11.5 Å². The van der Waals surface area contributed by atoms with Crippen LogP contribution in [0.15, 0.2) is 76.3 Å². The molecule has 0 radical (unpaired) electrons. The Kier molecular flexibility index (Phi) is 5.20. The molecule has 3 heterocycles. The average molecular weight is 470 g/mol. The minimum absolute atomic E-state index is 0.166. The van der Waals surface area contributed by atoms with Crippen LogP contribution in [0, 0.1) is 0 Å². The number of hydrogen-bond donors (Lipinski definition) is 1. The van der Waals surface area contributed by atoms with Gasteiger partial charge in [-0.3, -0.25) is 4.79 Å². The standard InChI is InChI=1S/C22H19N3O5S2/c26-21-20-18(12-13-24(20)32(28,29)19-7-4-14-31-19)23-22(27)25(21)15-8-10-17(11-9-15)30-16-5-2-1-3-6-16/h1-11,14,18,20H,12-13H2,(H,23,27)/t18-,20-/m1/s1. The summed E-state index contributed by atoms with van der Waals surface area (Å²) in [4.78, 5) is 27.1. The normalized spacial score (nSPS) is 21.3. The number of amides is 3. The Morgan fingerprint density at radius 1 is 0.938 bits per heavy atom. The van der Waals surface area contributed by atoms with Crippen molar-refractivity contribution < 1.29 is 22.7 Å². The molecule has 1 N–H and O–H groups in total. The Morgan fingerprint density at radius 3 is 2.34 bits per heavy atom. The van der Waals surface area contributed by atoms with Gasteiger partial charge in [0.15, 0.2) is 0 Å². The number of carbonyl (C=O) groups is 2. The van der Waals surface area contributed by atoms with Gasteiger partial charge in [0, 0.05) is 6.54 Å². The molecule has 2 aliphatic heterocycles. The fraction of sp³-hybridized carbons (Fsp3) is 0.182. The molecule has 8 nitrogen and oxygen atoms in total. The molecule has 2 fully saturated rings. The molecule has 164 valence electrons. The highest BCUT2D eigenvalue weighted by molar-refractivity contribution is 7.91. The number of imide groups is 1. The average Bonchev–Trinajstić information content (AvgIpc) is 3.47. The third kappa shape index (κ3) is 3.56. The van der Waals surface area contributed by atoms with Gasteiger partial charge in [0.1, 0.15) is 21.8 Å². The molecule has 2 aromatic carbocycles. The third-order valence-electron chi connectivity index (χ3n) is 5.47. The lowest BCUT2D eigenvalue weighted by molar-refractivity contribution is -0.122. The maximum atomic E-state index is 13.4. The first-order valence-electron chi connectivity index (χ1n) is 9.98. The summed E-state index contributed by atoms with van der Waals surface area (Å²) in [5.41, 5.74) is 0.340. The molecular formula is C22H19N3O5S2. The number of ether oxygens (including phenoxy) is 1. The summed E-state index contributed by atoms with van der Waals surface area (Å²) in [6.45, 7) is 0.166. The molecule has 32 heavy (non-hydrogen) atoms. The number of fused-ring (bicyclic) bond motifs is 1. The van der Waals surface area contributed by atoms with Gasteiger partial charge in [-0.2, -0.15) is 4.31 Å². The minimum Gasteiger partial charge on any atom is -0.457 e. The Labute approximate surface area is 189 Å².